The van der Waals surface area contributed by atoms with Crippen LogP contribution in [0.25, 0.3) is 0 Å². The minimum atomic E-state index is 0. The quantitative estimate of drug-likeness (QED) is 0.440. The molecule has 0 aromatic rings. The molecule has 0 saturated carbocycles. The predicted molar refractivity (Wildman–Crippen MR) is 39.7 cm³/mol. The molecule has 8 heavy (non-hydrogen) atoms. The number of nitriles is 1. The fraction of sp³-hybridized carbons (Fsp3) is 0.800. The molecule has 0 amide bonds. The summed E-state index contributed by atoms with van der Waals surface area (Å²) in [4.78, 5) is 0. The number of rotatable bonds is 3. The molecule has 0 aromatic carbocycles. The molecule has 0 bridgehead atoms. The number of halogens is 1. The normalized spacial score (nSPS) is 7.12. The van der Waals surface area contributed by atoms with Crippen molar-refractivity contribution < 1.29 is 18.3 Å². The Morgan fingerprint density at radius 1 is 1.38 bits per heavy atom. The predicted octanol–water partition coefficient (Wildman–Crippen LogP) is 2.26. The van der Waals surface area contributed by atoms with Crippen molar-refractivity contribution in [3.8, 4) is 6.07 Å². The van der Waals surface area contributed by atoms with Gasteiger partial charge in [-0.25, -0.2) is 0 Å². The second-order valence-corrected chi connectivity index (χ2v) is 2.95. The van der Waals surface area contributed by atoms with Gasteiger partial charge in [0.25, 0.3) is 0 Å². The summed E-state index contributed by atoms with van der Waals surface area (Å²) in [5.74, 6) is 0. The van der Waals surface area contributed by atoms with E-state index in [4.69, 9.17) is 5.26 Å². The number of nitrogens with zero attached hydrogens (tertiary/aromatic N) is 1. The average Bonchev–Trinajstić information content (AvgIpc) is 1.69. The van der Waals surface area contributed by atoms with E-state index in [0.29, 0.717) is 0 Å². The van der Waals surface area contributed by atoms with Gasteiger partial charge in [0.15, 0.2) is 0 Å². The van der Waals surface area contributed by atoms with Crippen molar-refractivity contribution in [1.82, 2.24) is 0 Å². The molecule has 0 rings (SSSR count). The average molecular weight is 275 g/mol. The molecule has 0 aliphatic carbocycles. The van der Waals surface area contributed by atoms with E-state index in [1.165, 1.54) is 29.7 Å². The Hall–Kier alpha value is 0.843. The molecular formula is C5H9INZn. The molecule has 0 radical (unpaired) electrons. The molecule has 43 valence electrons. The van der Waals surface area contributed by atoms with Gasteiger partial charge in [0.05, 0.1) is 0 Å². The standard InChI is InChI=1S/C5H8N.HI.Zn/c1-2-3-4-5-6;;/h1-4H2;1H;. The van der Waals surface area contributed by atoms with Gasteiger partial charge in [0.1, 0.15) is 0 Å². The SMILES string of the molecule is I.N#CCCC[CH2][Zn]. The van der Waals surface area contributed by atoms with Gasteiger partial charge in [-0.15, -0.1) is 24.0 Å². The Bertz CT molecular complexity index is 69.3. The Balaban J connectivity index is 0. The molecule has 0 aliphatic heterocycles. The van der Waals surface area contributed by atoms with Crippen LogP contribution in [0.5, 0.6) is 0 Å². The Morgan fingerprint density at radius 2 is 2.00 bits per heavy atom. The van der Waals surface area contributed by atoms with Crippen molar-refractivity contribution in [1.29, 1.82) is 5.26 Å². The minimum absolute atomic E-state index is 0. The van der Waals surface area contributed by atoms with E-state index in [0.717, 1.165) is 12.8 Å². The molecule has 0 unspecified atom stereocenters. The van der Waals surface area contributed by atoms with Crippen LogP contribution in [0.2, 0.25) is 5.02 Å². The van der Waals surface area contributed by atoms with E-state index in [1.807, 2.05) is 0 Å². The molecule has 0 N–H and O–H groups in total. The maximum absolute atomic E-state index is 8.05. The number of unbranched alkanes of at least 4 members (excludes halogenated alkanes) is 2. The summed E-state index contributed by atoms with van der Waals surface area (Å²) in [5, 5.41) is 9.39. The summed E-state index contributed by atoms with van der Waals surface area (Å²) in [5.41, 5.74) is 0. The molecule has 0 heterocycles. The van der Waals surface area contributed by atoms with E-state index in [2.05, 4.69) is 6.07 Å². The second-order valence-electron chi connectivity index (χ2n) is 1.47. The van der Waals surface area contributed by atoms with Crippen LogP contribution in [0.1, 0.15) is 19.3 Å². The maximum atomic E-state index is 8.05. The molecule has 0 saturated heterocycles. The van der Waals surface area contributed by atoms with Crippen LogP contribution in [-0.2, 0) is 18.3 Å². The van der Waals surface area contributed by atoms with E-state index in [-0.39, 0.29) is 24.0 Å². The van der Waals surface area contributed by atoms with Gasteiger partial charge in [-0.3, -0.25) is 0 Å². The zero-order chi connectivity index (χ0) is 5.54. The number of hydrogen-bond acceptors (Lipinski definition) is 1. The topological polar surface area (TPSA) is 23.8 Å². The second kappa shape index (κ2) is 10.8. The van der Waals surface area contributed by atoms with Crippen LogP contribution in [0.3, 0.4) is 0 Å². The first-order chi connectivity index (χ1) is 3.41. The zero-order valence-electron chi connectivity index (χ0n) is 4.89. The zero-order valence-corrected chi connectivity index (χ0v) is 10.2. The monoisotopic (exact) mass is 274 g/mol. The third kappa shape index (κ3) is 9.96. The third-order valence-corrected chi connectivity index (χ3v) is 1.84. The summed E-state index contributed by atoms with van der Waals surface area (Å²) in [6.07, 6.45) is 3.12. The van der Waals surface area contributed by atoms with Gasteiger partial charge in [-0.05, 0) is 0 Å². The Morgan fingerprint density at radius 3 is 2.38 bits per heavy atom. The van der Waals surface area contributed by atoms with Crippen LogP contribution in [-0.4, -0.2) is 0 Å². The first kappa shape index (κ1) is 11.6. The van der Waals surface area contributed by atoms with Gasteiger partial charge in [-0.2, -0.15) is 0 Å². The van der Waals surface area contributed by atoms with E-state index in [9.17, 15) is 0 Å². The molecule has 0 fully saturated rings. The van der Waals surface area contributed by atoms with Gasteiger partial charge in [0, 0.05) is 0 Å². The molecule has 0 aliphatic rings. The fourth-order valence-electron chi connectivity index (χ4n) is 0.381. The van der Waals surface area contributed by atoms with Crippen LogP contribution < -0.4 is 0 Å². The summed E-state index contributed by atoms with van der Waals surface area (Å²) < 4.78 is 0. The summed E-state index contributed by atoms with van der Waals surface area (Å²) >= 11 is 1.38. The number of hydrogen-bond donors (Lipinski definition) is 0. The van der Waals surface area contributed by atoms with Gasteiger partial charge < -0.3 is 0 Å². The molecule has 0 spiro atoms. The summed E-state index contributed by atoms with van der Waals surface area (Å²) in [6, 6.07) is 2.12. The summed E-state index contributed by atoms with van der Waals surface area (Å²) in [7, 11) is 0. The Labute approximate surface area is 77.5 Å². The molecule has 1 nitrogen and oxygen atoms in total. The van der Waals surface area contributed by atoms with Crippen LogP contribution in [0, 0.1) is 11.3 Å². The van der Waals surface area contributed by atoms with E-state index < -0.39 is 0 Å². The molecule has 0 aromatic heterocycles. The van der Waals surface area contributed by atoms with E-state index >= 15 is 0 Å². The van der Waals surface area contributed by atoms with Gasteiger partial charge >= 0.3 is 53.9 Å². The Kier molecular flexibility index (Phi) is 15.6. The van der Waals surface area contributed by atoms with E-state index in [1.54, 1.807) is 0 Å². The first-order valence-corrected chi connectivity index (χ1v) is 4.68. The van der Waals surface area contributed by atoms with Crippen molar-refractivity contribution in [3.63, 3.8) is 0 Å². The van der Waals surface area contributed by atoms with Crippen LogP contribution in [0.4, 0.5) is 0 Å². The first-order valence-electron chi connectivity index (χ1n) is 2.58. The third-order valence-electron chi connectivity index (χ3n) is 0.789. The van der Waals surface area contributed by atoms with Crippen molar-refractivity contribution in [2.24, 2.45) is 0 Å². The molecule has 0 atom stereocenters. The molecular weight excluding hydrogens is 266 g/mol. The molecule has 3 heteroatoms. The van der Waals surface area contributed by atoms with Crippen molar-refractivity contribution in [2.45, 2.75) is 24.3 Å². The summed E-state index contributed by atoms with van der Waals surface area (Å²) in [6.45, 7) is 0. The van der Waals surface area contributed by atoms with Gasteiger partial charge in [0.2, 0.25) is 0 Å². The van der Waals surface area contributed by atoms with Gasteiger partial charge in [-0.1, -0.05) is 0 Å². The fourth-order valence-corrected chi connectivity index (χ4v) is 1.12. The van der Waals surface area contributed by atoms with Crippen LogP contribution in [0.15, 0.2) is 0 Å². The van der Waals surface area contributed by atoms with Crippen LogP contribution >= 0.6 is 24.0 Å². The van der Waals surface area contributed by atoms with Crippen molar-refractivity contribution >= 4 is 24.0 Å². The van der Waals surface area contributed by atoms with Crippen molar-refractivity contribution in [2.75, 3.05) is 0 Å². The van der Waals surface area contributed by atoms with Crippen molar-refractivity contribution in [3.05, 3.63) is 0 Å².